The molecule has 0 spiro atoms. The van der Waals surface area contributed by atoms with Crippen LogP contribution < -0.4 is 5.32 Å². The van der Waals surface area contributed by atoms with E-state index in [4.69, 9.17) is 0 Å². The maximum atomic E-state index is 12.2. The van der Waals surface area contributed by atoms with Gasteiger partial charge >= 0.3 is 0 Å². The number of hydrogen-bond acceptors (Lipinski definition) is 2. The molecule has 1 amide bonds. The molecular weight excluding hydrogens is 236 g/mol. The Morgan fingerprint density at radius 1 is 1.32 bits per heavy atom. The second kappa shape index (κ2) is 6.71. The summed E-state index contributed by atoms with van der Waals surface area (Å²) in [6, 6.07) is 10.2. The highest BCUT2D eigenvalue weighted by molar-refractivity contribution is 5.84. The van der Waals surface area contributed by atoms with Gasteiger partial charge in [-0.15, -0.1) is 0 Å². The summed E-state index contributed by atoms with van der Waals surface area (Å²) in [5.74, 6) is 0.971. The lowest BCUT2D eigenvalue weighted by molar-refractivity contribution is -0.128. The SMILES string of the molecule is CC(C)CCCN1CNC(Cc2ccccc2)C1=O. The van der Waals surface area contributed by atoms with Crippen LogP contribution in [-0.4, -0.2) is 30.1 Å². The first-order valence-corrected chi connectivity index (χ1v) is 7.23. The lowest BCUT2D eigenvalue weighted by atomic mass is 10.1. The van der Waals surface area contributed by atoms with E-state index in [9.17, 15) is 4.79 Å². The summed E-state index contributed by atoms with van der Waals surface area (Å²) < 4.78 is 0. The van der Waals surface area contributed by atoms with E-state index in [1.165, 1.54) is 12.0 Å². The summed E-state index contributed by atoms with van der Waals surface area (Å²) in [7, 11) is 0. The van der Waals surface area contributed by atoms with E-state index in [2.05, 4.69) is 31.3 Å². The topological polar surface area (TPSA) is 32.3 Å². The number of nitrogens with one attached hydrogen (secondary N) is 1. The smallest absolute Gasteiger partial charge is 0.241 e. The van der Waals surface area contributed by atoms with E-state index in [0.29, 0.717) is 12.6 Å². The van der Waals surface area contributed by atoms with Crippen molar-refractivity contribution in [1.29, 1.82) is 0 Å². The lowest BCUT2D eigenvalue weighted by Crippen LogP contribution is -2.32. The van der Waals surface area contributed by atoms with Crippen molar-refractivity contribution < 1.29 is 4.79 Å². The second-order valence-corrected chi connectivity index (χ2v) is 5.74. The molecule has 2 rings (SSSR count). The fourth-order valence-corrected chi connectivity index (χ4v) is 2.49. The molecule has 0 bridgehead atoms. The van der Waals surface area contributed by atoms with Gasteiger partial charge < -0.3 is 4.90 Å². The number of rotatable bonds is 6. The largest absolute Gasteiger partial charge is 0.329 e. The van der Waals surface area contributed by atoms with E-state index >= 15 is 0 Å². The third-order valence-corrected chi connectivity index (χ3v) is 3.63. The number of benzene rings is 1. The normalized spacial score (nSPS) is 19.4. The Kier molecular flexibility index (Phi) is 4.97. The monoisotopic (exact) mass is 260 g/mol. The van der Waals surface area contributed by atoms with Gasteiger partial charge in [0.1, 0.15) is 0 Å². The molecule has 1 saturated heterocycles. The quantitative estimate of drug-likeness (QED) is 0.852. The van der Waals surface area contributed by atoms with Crippen LogP contribution in [0.25, 0.3) is 0 Å². The van der Waals surface area contributed by atoms with Crippen LogP contribution in [0.1, 0.15) is 32.3 Å². The first-order valence-electron chi connectivity index (χ1n) is 7.23. The Bertz CT molecular complexity index is 402. The van der Waals surface area contributed by atoms with Crippen molar-refractivity contribution in [3.8, 4) is 0 Å². The fraction of sp³-hybridized carbons (Fsp3) is 0.562. The average Bonchev–Trinajstić information content (AvgIpc) is 2.72. The summed E-state index contributed by atoms with van der Waals surface area (Å²) in [5, 5.41) is 3.32. The highest BCUT2D eigenvalue weighted by atomic mass is 16.2. The Hall–Kier alpha value is -1.35. The molecule has 0 radical (unpaired) electrons. The number of hydrogen-bond donors (Lipinski definition) is 1. The molecule has 3 heteroatoms. The molecule has 3 nitrogen and oxygen atoms in total. The van der Waals surface area contributed by atoms with Gasteiger partial charge in [-0.05, 0) is 30.7 Å². The molecule has 1 fully saturated rings. The van der Waals surface area contributed by atoms with Crippen LogP contribution >= 0.6 is 0 Å². The first-order chi connectivity index (χ1) is 9.16. The van der Waals surface area contributed by atoms with E-state index in [-0.39, 0.29) is 11.9 Å². The molecule has 0 aliphatic carbocycles. The van der Waals surface area contributed by atoms with Gasteiger partial charge in [0.15, 0.2) is 0 Å². The van der Waals surface area contributed by atoms with Crippen LogP contribution in [0.5, 0.6) is 0 Å². The van der Waals surface area contributed by atoms with Crippen molar-refractivity contribution in [3.05, 3.63) is 35.9 Å². The third-order valence-electron chi connectivity index (χ3n) is 3.63. The molecule has 1 aromatic carbocycles. The predicted octanol–water partition coefficient (Wildman–Crippen LogP) is 2.42. The van der Waals surface area contributed by atoms with Gasteiger partial charge in [-0.25, -0.2) is 0 Å². The zero-order valence-electron chi connectivity index (χ0n) is 11.9. The number of carbonyl (C=O) groups is 1. The number of nitrogens with zero attached hydrogens (tertiary/aromatic N) is 1. The van der Waals surface area contributed by atoms with Crippen LogP contribution in [0, 0.1) is 5.92 Å². The molecule has 1 N–H and O–H groups in total. The van der Waals surface area contributed by atoms with Crippen LogP contribution in [0.3, 0.4) is 0 Å². The average molecular weight is 260 g/mol. The number of carbonyl (C=O) groups excluding carboxylic acids is 1. The summed E-state index contributed by atoms with van der Waals surface area (Å²) in [6.07, 6.45) is 3.08. The highest BCUT2D eigenvalue weighted by Crippen LogP contribution is 2.12. The van der Waals surface area contributed by atoms with E-state index in [0.717, 1.165) is 19.4 Å². The van der Waals surface area contributed by atoms with Crippen molar-refractivity contribution in [1.82, 2.24) is 10.2 Å². The summed E-state index contributed by atoms with van der Waals surface area (Å²) >= 11 is 0. The molecule has 1 atom stereocenters. The minimum Gasteiger partial charge on any atom is -0.329 e. The van der Waals surface area contributed by atoms with Crippen LogP contribution in [0.4, 0.5) is 0 Å². The Morgan fingerprint density at radius 2 is 2.05 bits per heavy atom. The minimum atomic E-state index is -0.0403. The second-order valence-electron chi connectivity index (χ2n) is 5.74. The molecule has 1 unspecified atom stereocenters. The molecule has 1 aliphatic rings. The van der Waals surface area contributed by atoms with Gasteiger partial charge in [0.2, 0.25) is 5.91 Å². The molecule has 19 heavy (non-hydrogen) atoms. The Morgan fingerprint density at radius 3 is 2.74 bits per heavy atom. The van der Waals surface area contributed by atoms with Crippen LogP contribution in [0.2, 0.25) is 0 Å². The third kappa shape index (κ3) is 4.06. The molecule has 1 aliphatic heterocycles. The van der Waals surface area contributed by atoms with Crippen LogP contribution in [-0.2, 0) is 11.2 Å². The van der Waals surface area contributed by atoms with Crippen molar-refractivity contribution >= 4 is 5.91 Å². The fourth-order valence-electron chi connectivity index (χ4n) is 2.49. The van der Waals surface area contributed by atoms with Gasteiger partial charge in [-0.3, -0.25) is 10.1 Å². The lowest BCUT2D eigenvalue weighted by Gasteiger charge is -2.16. The summed E-state index contributed by atoms with van der Waals surface area (Å²) in [5.41, 5.74) is 1.22. The molecule has 1 heterocycles. The van der Waals surface area contributed by atoms with Gasteiger partial charge in [0, 0.05) is 6.54 Å². The Labute approximate surface area is 116 Å². The minimum absolute atomic E-state index is 0.0403. The zero-order valence-corrected chi connectivity index (χ0v) is 11.9. The maximum absolute atomic E-state index is 12.2. The maximum Gasteiger partial charge on any atom is 0.241 e. The van der Waals surface area contributed by atoms with E-state index < -0.39 is 0 Å². The van der Waals surface area contributed by atoms with Crippen molar-refractivity contribution in [2.24, 2.45) is 5.92 Å². The van der Waals surface area contributed by atoms with E-state index in [1.54, 1.807) is 0 Å². The highest BCUT2D eigenvalue weighted by Gasteiger charge is 2.30. The summed E-state index contributed by atoms with van der Waals surface area (Å²) in [6.45, 7) is 6.04. The summed E-state index contributed by atoms with van der Waals surface area (Å²) in [4.78, 5) is 14.2. The van der Waals surface area contributed by atoms with Crippen molar-refractivity contribution in [3.63, 3.8) is 0 Å². The van der Waals surface area contributed by atoms with Gasteiger partial charge in [-0.2, -0.15) is 0 Å². The van der Waals surface area contributed by atoms with E-state index in [1.807, 2.05) is 23.1 Å². The molecule has 104 valence electrons. The van der Waals surface area contributed by atoms with Gasteiger partial charge in [0.25, 0.3) is 0 Å². The van der Waals surface area contributed by atoms with Crippen LogP contribution in [0.15, 0.2) is 30.3 Å². The van der Waals surface area contributed by atoms with Gasteiger partial charge in [-0.1, -0.05) is 44.2 Å². The first kappa shape index (κ1) is 14.1. The molecule has 0 saturated carbocycles. The predicted molar refractivity (Wildman–Crippen MR) is 77.7 cm³/mol. The van der Waals surface area contributed by atoms with Crippen molar-refractivity contribution in [2.45, 2.75) is 39.2 Å². The molecule has 0 aromatic heterocycles. The molecular formula is C16H24N2O. The molecule has 1 aromatic rings. The van der Waals surface area contributed by atoms with Crippen molar-refractivity contribution in [2.75, 3.05) is 13.2 Å². The Balaban J connectivity index is 1.81. The van der Waals surface area contributed by atoms with Gasteiger partial charge in [0.05, 0.1) is 12.7 Å². The number of amides is 1. The zero-order chi connectivity index (χ0) is 13.7. The standard InChI is InChI=1S/C16H24N2O/c1-13(2)7-6-10-18-12-17-15(16(18)19)11-14-8-4-3-5-9-14/h3-5,8-9,13,15,17H,6-7,10-12H2,1-2H3.